The molecule has 0 heterocycles. The van der Waals surface area contributed by atoms with Crippen LogP contribution in [0.1, 0.15) is 22.7 Å². The fraction of sp³-hybridized carbons (Fsp3) is 0.250. The summed E-state index contributed by atoms with van der Waals surface area (Å²) in [5, 5.41) is 0. The predicted molar refractivity (Wildman–Crippen MR) is 79.9 cm³/mol. The molecule has 0 radical (unpaired) electrons. The van der Waals surface area contributed by atoms with E-state index in [0.29, 0.717) is 11.3 Å². The third-order valence-electron chi connectivity index (χ3n) is 3.09. The quantitative estimate of drug-likeness (QED) is 0.847. The first-order valence-corrected chi connectivity index (χ1v) is 7.36. The van der Waals surface area contributed by atoms with Crippen molar-refractivity contribution in [3.8, 4) is 0 Å². The highest BCUT2D eigenvalue weighted by molar-refractivity contribution is 7.99. The van der Waals surface area contributed by atoms with Crippen LogP contribution in [0.3, 0.4) is 0 Å². The third kappa shape index (κ3) is 3.58. The van der Waals surface area contributed by atoms with Gasteiger partial charge in [0.05, 0.1) is 0 Å². The van der Waals surface area contributed by atoms with Crippen LogP contribution in [0.25, 0.3) is 0 Å². The highest BCUT2D eigenvalue weighted by Crippen LogP contribution is 2.27. The van der Waals surface area contributed by atoms with E-state index in [1.54, 1.807) is 12.1 Å². The van der Waals surface area contributed by atoms with Crippen molar-refractivity contribution in [3.63, 3.8) is 0 Å². The summed E-state index contributed by atoms with van der Waals surface area (Å²) in [6.45, 7) is 3.73. The molecule has 1 nitrogen and oxygen atoms in total. The third-order valence-corrected chi connectivity index (χ3v) is 4.23. The first-order chi connectivity index (χ1) is 9.47. The lowest BCUT2D eigenvalue weighted by Crippen LogP contribution is -2.16. The van der Waals surface area contributed by atoms with Crippen LogP contribution in [-0.4, -0.2) is 5.75 Å². The Hall–Kier alpha value is -1.39. The van der Waals surface area contributed by atoms with Crippen LogP contribution in [0.5, 0.6) is 0 Å². The Balaban J connectivity index is 2.09. The van der Waals surface area contributed by atoms with Gasteiger partial charge in [-0.2, -0.15) is 0 Å². The molecule has 1 atom stereocenters. The fourth-order valence-electron chi connectivity index (χ4n) is 2.20. The Morgan fingerprint density at radius 3 is 2.35 bits per heavy atom. The SMILES string of the molecule is Cc1cc(C)c(C(N)CSc2ccc(F)cc2)c(F)c1. The van der Waals surface area contributed by atoms with Gasteiger partial charge in [-0.1, -0.05) is 6.07 Å². The molecule has 2 rings (SSSR count). The van der Waals surface area contributed by atoms with E-state index >= 15 is 0 Å². The van der Waals surface area contributed by atoms with Gasteiger partial charge in [-0.25, -0.2) is 8.78 Å². The summed E-state index contributed by atoms with van der Waals surface area (Å²) in [4.78, 5) is 0.923. The van der Waals surface area contributed by atoms with Crippen LogP contribution >= 0.6 is 11.8 Å². The van der Waals surface area contributed by atoms with Gasteiger partial charge in [-0.05, 0) is 55.3 Å². The van der Waals surface area contributed by atoms with Gasteiger partial charge >= 0.3 is 0 Å². The lowest BCUT2D eigenvalue weighted by molar-refractivity contribution is 0.591. The largest absolute Gasteiger partial charge is 0.323 e. The van der Waals surface area contributed by atoms with E-state index in [9.17, 15) is 8.78 Å². The van der Waals surface area contributed by atoms with E-state index in [1.807, 2.05) is 19.9 Å². The molecule has 0 aromatic heterocycles. The highest BCUT2D eigenvalue weighted by atomic mass is 32.2. The molecule has 4 heteroatoms. The van der Waals surface area contributed by atoms with E-state index in [4.69, 9.17) is 5.73 Å². The lowest BCUT2D eigenvalue weighted by atomic mass is 10.00. The molecule has 20 heavy (non-hydrogen) atoms. The van der Waals surface area contributed by atoms with E-state index in [0.717, 1.165) is 16.0 Å². The van der Waals surface area contributed by atoms with Crippen LogP contribution in [0.4, 0.5) is 8.78 Å². The average molecular weight is 293 g/mol. The number of aryl methyl sites for hydroxylation is 2. The molecule has 0 spiro atoms. The monoisotopic (exact) mass is 293 g/mol. The van der Waals surface area contributed by atoms with Crippen molar-refractivity contribution in [2.24, 2.45) is 5.73 Å². The molecule has 0 aliphatic rings. The highest BCUT2D eigenvalue weighted by Gasteiger charge is 2.15. The van der Waals surface area contributed by atoms with E-state index < -0.39 is 0 Å². The van der Waals surface area contributed by atoms with Gasteiger partial charge in [0, 0.05) is 22.3 Å². The van der Waals surface area contributed by atoms with Crippen molar-refractivity contribution < 1.29 is 8.78 Å². The Labute approximate surface area is 122 Å². The molecular weight excluding hydrogens is 276 g/mol. The second kappa shape index (κ2) is 6.37. The molecule has 2 aromatic rings. The standard InChI is InChI=1S/C16H17F2NS/c1-10-7-11(2)16(14(18)8-10)15(19)9-20-13-5-3-12(17)4-6-13/h3-8,15H,9,19H2,1-2H3. The summed E-state index contributed by atoms with van der Waals surface area (Å²) in [5.74, 6) is 0.0284. The maximum Gasteiger partial charge on any atom is 0.128 e. The van der Waals surface area contributed by atoms with Crippen molar-refractivity contribution >= 4 is 11.8 Å². The minimum Gasteiger partial charge on any atom is -0.323 e. The van der Waals surface area contributed by atoms with Crippen LogP contribution in [0.2, 0.25) is 0 Å². The van der Waals surface area contributed by atoms with Gasteiger partial charge < -0.3 is 5.73 Å². The summed E-state index contributed by atoms with van der Waals surface area (Å²) < 4.78 is 26.8. The van der Waals surface area contributed by atoms with Crippen molar-refractivity contribution in [1.29, 1.82) is 0 Å². The summed E-state index contributed by atoms with van der Waals surface area (Å²) in [6, 6.07) is 9.27. The van der Waals surface area contributed by atoms with Gasteiger partial charge in [0.15, 0.2) is 0 Å². The minimum absolute atomic E-state index is 0.255. The van der Waals surface area contributed by atoms with Crippen molar-refractivity contribution in [2.75, 3.05) is 5.75 Å². The second-order valence-corrected chi connectivity index (χ2v) is 5.94. The molecule has 0 aliphatic carbocycles. The van der Waals surface area contributed by atoms with Crippen LogP contribution in [0, 0.1) is 25.5 Å². The zero-order valence-electron chi connectivity index (χ0n) is 11.5. The molecule has 0 saturated heterocycles. The fourth-order valence-corrected chi connectivity index (χ4v) is 3.06. The molecule has 0 saturated carbocycles. The molecule has 0 fully saturated rings. The first kappa shape index (κ1) is 15.0. The predicted octanol–water partition coefficient (Wildman–Crippen LogP) is 4.37. The van der Waals surface area contributed by atoms with Crippen molar-refractivity contribution in [1.82, 2.24) is 0 Å². The molecular formula is C16H17F2NS. The summed E-state index contributed by atoms with van der Waals surface area (Å²) >= 11 is 1.50. The van der Waals surface area contributed by atoms with Crippen molar-refractivity contribution in [3.05, 3.63) is 64.7 Å². The smallest absolute Gasteiger partial charge is 0.128 e. The zero-order valence-corrected chi connectivity index (χ0v) is 12.3. The number of nitrogens with two attached hydrogens (primary N) is 1. The van der Waals surface area contributed by atoms with Gasteiger partial charge in [-0.15, -0.1) is 11.8 Å². The number of halogens is 2. The van der Waals surface area contributed by atoms with Crippen LogP contribution in [-0.2, 0) is 0 Å². The Kier molecular flexibility index (Phi) is 4.78. The minimum atomic E-state index is -0.384. The maximum absolute atomic E-state index is 14.0. The average Bonchev–Trinajstić information content (AvgIpc) is 2.37. The van der Waals surface area contributed by atoms with Crippen LogP contribution < -0.4 is 5.73 Å². The molecule has 106 valence electrons. The zero-order chi connectivity index (χ0) is 14.7. The van der Waals surface area contributed by atoms with E-state index in [-0.39, 0.29) is 17.7 Å². The molecule has 0 aliphatic heterocycles. The summed E-state index contributed by atoms with van der Waals surface area (Å²) in [7, 11) is 0. The van der Waals surface area contributed by atoms with E-state index in [1.165, 1.54) is 30.0 Å². The number of hydrogen-bond donors (Lipinski definition) is 1. The molecule has 0 amide bonds. The van der Waals surface area contributed by atoms with Gasteiger partial charge in [0.25, 0.3) is 0 Å². The Morgan fingerprint density at radius 1 is 1.10 bits per heavy atom. The molecule has 0 bridgehead atoms. The lowest BCUT2D eigenvalue weighted by Gasteiger charge is -2.16. The molecule has 2 N–H and O–H groups in total. The van der Waals surface area contributed by atoms with Crippen molar-refractivity contribution in [2.45, 2.75) is 24.8 Å². The first-order valence-electron chi connectivity index (χ1n) is 6.38. The van der Waals surface area contributed by atoms with Gasteiger partial charge in [-0.3, -0.25) is 0 Å². The topological polar surface area (TPSA) is 26.0 Å². The maximum atomic E-state index is 14.0. The van der Waals surface area contributed by atoms with Gasteiger partial charge in [0.1, 0.15) is 11.6 Å². The van der Waals surface area contributed by atoms with E-state index in [2.05, 4.69) is 0 Å². The number of rotatable bonds is 4. The summed E-state index contributed by atoms with van der Waals surface area (Å²) in [5.41, 5.74) is 8.41. The Bertz CT molecular complexity index is 573. The Morgan fingerprint density at radius 2 is 1.75 bits per heavy atom. The van der Waals surface area contributed by atoms with Crippen LogP contribution in [0.15, 0.2) is 41.3 Å². The number of hydrogen-bond acceptors (Lipinski definition) is 2. The number of benzene rings is 2. The number of thioether (sulfide) groups is 1. The summed E-state index contributed by atoms with van der Waals surface area (Å²) in [6.07, 6.45) is 0. The van der Waals surface area contributed by atoms with Gasteiger partial charge in [0.2, 0.25) is 0 Å². The second-order valence-electron chi connectivity index (χ2n) is 4.85. The normalized spacial score (nSPS) is 12.4. The molecule has 2 aromatic carbocycles. The molecule has 1 unspecified atom stereocenters.